The van der Waals surface area contributed by atoms with Crippen molar-refractivity contribution in [3.8, 4) is 17.2 Å². The van der Waals surface area contributed by atoms with E-state index in [1.165, 1.54) is 57.2 Å². The molecule has 0 aliphatic carbocycles. The molecule has 0 aromatic heterocycles. The van der Waals surface area contributed by atoms with Gasteiger partial charge >= 0.3 is 41.1 Å². The third kappa shape index (κ3) is 23.3. The molecule has 6 aliphatic heterocycles. The Kier molecular flexibility index (Phi) is 30.1. The average molecular weight is 1590 g/mol. The number of halogens is 3. The molecular weight excluding hydrogens is 1490 g/mol. The molecule has 3 aromatic carbocycles. The number of rotatable bonds is 30. The summed E-state index contributed by atoms with van der Waals surface area (Å²) >= 11 is 0. The van der Waals surface area contributed by atoms with Gasteiger partial charge in [-0.2, -0.15) is 15.3 Å². The standard InChI is InChI=1S/3C23H30FN2O9P/c3*1-14(2)33-21(30)15(3)25-36(31,35-17-8-6-5-7-9-17)32-13-18-20(29)23(4,24)22(34-18)26-11-10-16(27)12-19(26)28/h3*5-11,14-15,18,20,22,29H,12-13H2,1-4H3,(H,25,31)/t15-,18+,20+,22+,23+,36?;15-,18+,20+,22+,23+,36+;15-,18+,20+,22+,23+,36-/m000/s1. The molecule has 3 amide bonds. The number of hydrogen-bond acceptors (Lipinski definition) is 27. The summed E-state index contributed by atoms with van der Waals surface area (Å²) in [4.78, 5) is 111. The summed E-state index contributed by atoms with van der Waals surface area (Å²) in [5, 5.41) is 39.2. The fourth-order valence-electron chi connectivity index (χ4n) is 10.8. The van der Waals surface area contributed by atoms with Crippen LogP contribution in [0.2, 0.25) is 0 Å². The van der Waals surface area contributed by atoms with E-state index in [4.69, 9.17) is 55.6 Å². The topological polar surface area (TPSA) is 422 Å². The molecule has 108 heavy (non-hydrogen) atoms. The Bertz CT molecular complexity index is 3540. The first kappa shape index (κ1) is 87.3. The van der Waals surface area contributed by atoms with E-state index < -0.39 is 224 Å². The third-order valence-corrected chi connectivity index (χ3v) is 21.2. The fourth-order valence-corrected chi connectivity index (χ4v) is 15.3. The Morgan fingerprint density at radius 3 is 0.861 bits per heavy atom. The third-order valence-electron chi connectivity index (χ3n) is 16.3. The predicted octanol–water partition coefficient (Wildman–Crippen LogP) is 6.75. The maximum Gasteiger partial charge on any atom is 0.459 e. The summed E-state index contributed by atoms with van der Waals surface area (Å²) in [5.74, 6) is -5.03. The van der Waals surface area contributed by atoms with Crippen LogP contribution in [0.5, 0.6) is 17.2 Å². The van der Waals surface area contributed by atoms with E-state index in [1.807, 2.05) is 0 Å². The zero-order valence-electron chi connectivity index (χ0n) is 61.0. The fraction of sp³-hybridized carbons (Fsp3) is 0.522. The van der Waals surface area contributed by atoms with Crippen molar-refractivity contribution in [3.63, 3.8) is 0 Å². The second kappa shape index (κ2) is 37.2. The molecule has 594 valence electrons. The van der Waals surface area contributed by atoms with Crippen LogP contribution in [0.3, 0.4) is 0 Å². The van der Waals surface area contributed by atoms with E-state index in [0.29, 0.717) is 0 Å². The summed E-state index contributed by atoms with van der Waals surface area (Å²) in [6, 6.07) is 20.7. The molecule has 0 radical (unpaired) electrons. The van der Waals surface area contributed by atoms with Gasteiger partial charge in [-0.05, 0) is 138 Å². The van der Waals surface area contributed by atoms with Crippen LogP contribution in [0.1, 0.15) is 102 Å². The van der Waals surface area contributed by atoms with Crippen molar-refractivity contribution < 1.29 is 141 Å². The van der Waals surface area contributed by atoms with Crippen LogP contribution in [-0.2, 0) is 98.8 Å². The minimum atomic E-state index is -4.29. The minimum absolute atomic E-state index is 0.160. The minimum Gasteiger partial charge on any atom is -0.462 e. The van der Waals surface area contributed by atoms with E-state index in [1.54, 1.807) is 96.1 Å². The van der Waals surface area contributed by atoms with Crippen LogP contribution >= 0.6 is 23.2 Å². The second-order valence-electron chi connectivity index (χ2n) is 26.8. The number of benzene rings is 3. The number of aliphatic hydroxyl groups excluding tert-OH is 3. The number of carbonyl (C=O) groups is 9. The summed E-state index contributed by atoms with van der Waals surface area (Å²) in [6.07, 6.45) is -10.1. The predicted molar refractivity (Wildman–Crippen MR) is 373 cm³/mol. The van der Waals surface area contributed by atoms with Crippen LogP contribution in [0, 0.1) is 0 Å². The molecule has 6 N–H and O–H groups in total. The molecule has 39 heteroatoms. The second-order valence-corrected chi connectivity index (χ2v) is 31.8. The van der Waals surface area contributed by atoms with Crippen LogP contribution in [-0.4, -0.2) is 212 Å². The highest BCUT2D eigenvalue weighted by atomic mass is 31.2. The SMILES string of the molecule is CC(C)OC(=O)[C@H](C)NP(=O)(OC[C@H]1O[C@@H](N2C=CC(=O)CC2=O)[C@](C)(F)[C@@H]1O)Oc1ccccc1.CC(C)OC(=O)[C@H](C)N[P@@](=O)(OC[C@H]1O[C@@H](N2C=CC(=O)CC2=O)[C@](C)(F)[C@@H]1O)Oc1ccccc1.CC(C)OC(=O)[C@H](C)N[P@](=O)(OC[C@H]1O[C@@H](N2C=CC(=O)CC2=O)[C@](C)(F)[C@@H]1O)Oc1ccccc1. The Labute approximate surface area is 620 Å². The molecule has 0 saturated carbocycles. The summed E-state index contributed by atoms with van der Waals surface area (Å²) in [5.41, 5.74) is -7.33. The van der Waals surface area contributed by atoms with Crippen molar-refractivity contribution >= 4 is 76.2 Å². The van der Waals surface area contributed by atoms with Gasteiger partial charge in [-0.3, -0.25) is 71.4 Å². The molecule has 18 atom stereocenters. The first-order valence-electron chi connectivity index (χ1n) is 34.0. The van der Waals surface area contributed by atoms with Crippen LogP contribution in [0.4, 0.5) is 13.2 Å². The maximum atomic E-state index is 15.5. The zero-order valence-corrected chi connectivity index (χ0v) is 63.7. The van der Waals surface area contributed by atoms with Crippen molar-refractivity contribution in [2.75, 3.05) is 19.8 Å². The van der Waals surface area contributed by atoms with Crippen molar-refractivity contribution in [2.24, 2.45) is 0 Å². The number of amides is 3. The highest BCUT2D eigenvalue weighted by Crippen LogP contribution is 2.50. The molecule has 1 unspecified atom stereocenters. The number of hydrogen-bond donors (Lipinski definition) is 6. The van der Waals surface area contributed by atoms with Crippen LogP contribution in [0.25, 0.3) is 0 Å². The highest BCUT2D eigenvalue weighted by Gasteiger charge is 2.61. The number of carbonyl (C=O) groups excluding carboxylic acids is 9. The molecule has 3 saturated heterocycles. The van der Waals surface area contributed by atoms with Crippen molar-refractivity contribution in [1.29, 1.82) is 0 Å². The normalized spacial score (nSPS) is 28.8. The molecule has 6 aliphatic rings. The quantitative estimate of drug-likeness (QED) is 0.0174. The number of allylic oxidation sites excluding steroid dienone is 3. The Hall–Kier alpha value is -7.89. The Morgan fingerprint density at radius 1 is 0.435 bits per heavy atom. The molecular formula is C69H90F3N6O27P3. The maximum absolute atomic E-state index is 15.5. The van der Waals surface area contributed by atoms with Gasteiger partial charge in [-0.25, -0.2) is 26.9 Å². The van der Waals surface area contributed by atoms with Gasteiger partial charge in [0, 0.05) is 18.6 Å². The van der Waals surface area contributed by atoms with Gasteiger partial charge in [0.05, 0.1) is 57.4 Å². The summed E-state index contributed by atoms with van der Waals surface area (Å²) in [6.45, 7) is 15.4. The van der Waals surface area contributed by atoms with Gasteiger partial charge in [0.2, 0.25) is 17.7 Å². The number of esters is 3. The number of alkyl halides is 3. The lowest BCUT2D eigenvalue weighted by atomic mass is 9.97. The van der Waals surface area contributed by atoms with Gasteiger partial charge in [-0.1, -0.05) is 54.6 Å². The number of ether oxygens (including phenoxy) is 6. The monoisotopic (exact) mass is 1580 g/mol. The van der Waals surface area contributed by atoms with E-state index in [2.05, 4.69) is 15.3 Å². The largest absolute Gasteiger partial charge is 0.462 e. The Balaban J connectivity index is 0.000000226. The van der Waals surface area contributed by atoms with Gasteiger partial charge in [0.1, 0.15) is 72.0 Å². The summed E-state index contributed by atoms with van der Waals surface area (Å²) < 4.78 is 152. The number of nitrogens with one attached hydrogen (secondary N) is 3. The molecule has 3 aromatic rings. The average Bonchev–Trinajstić information content (AvgIpc) is 1.63. The smallest absolute Gasteiger partial charge is 0.459 e. The van der Waals surface area contributed by atoms with Gasteiger partial charge in [-0.15, -0.1) is 0 Å². The van der Waals surface area contributed by atoms with E-state index in [9.17, 15) is 72.2 Å². The number of nitrogens with zero attached hydrogens (tertiary/aromatic N) is 3. The lowest BCUT2D eigenvalue weighted by Crippen LogP contribution is -2.51. The van der Waals surface area contributed by atoms with Crippen molar-refractivity contribution in [1.82, 2.24) is 30.0 Å². The van der Waals surface area contributed by atoms with Crippen LogP contribution < -0.4 is 28.8 Å². The Morgan fingerprint density at radius 2 is 0.657 bits per heavy atom. The molecule has 9 rings (SSSR count). The van der Waals surface area contributed by atoms with E-state index in [-0.39, 0.29) is 17.2 Å². The van der Waals surface area contributed by atoms with Crippen LogP contribution in [0.15, 0.2) is 128 Å². The molecule has 0 spiro atoms. The van der Waals surface area contributed by atoms with Crippen molar-refractivity contribution in [2.45, 2.75) is 211 Å². The first-order chi connectivity index (χ1) is 50.5. The number of aliphatic hydroxyl groups is 3. The van der Waals surface area contributed by atoms with Gasteiger partial charge in [0.15, 0.2) is 53.0 Å². The number of ketones is 3. The zero-order chi connectivity index (χ0) is 80.0. The first-order valence-corrected chi connectivity index (χ1v) is 38.7. The highest BCUT2D eigenvalue weighted by molar-refractivity contribution is 7.52. The lowest BCUT2D eigenvalue weighted by molar-refractivity contribution is -0.151. The summed E-state index contributed by atoms with van der Waals surface area (Å²) in [7, 11) is -12.9. The molecule has 6 heterocycles. The van der Waals surface area contributed by atoms with E-state index in [0.717, 1.165) is 72.3 Å². The lowest BCUT2D eigenvalue weighted by Gasteiger charge is -2.32. The van der Waals surface area contributed by atoms with Gasteiger partial charge in [0.25, 0.3) is 0 Å². The van der Waals surface area contributed by atoms with Gasteiger partial charge < -0.3 is 57.3 Å². The molecule has 3 fully saturated rings. The number of para-hydroxylation sites is 3. The molecule has 33 nitrogen and oxygen atoms in total. The molecule has 0 bridgehead atoms. The van der Waals surface area contributed by atoms with Crippen molar-refractivity contribution in [3.05, 3.63) is 128 Å². The van der Waals surface area contributed by atoms with E-state index >= 15 is 13.2 Å².